The van der Waals surface area contributed by atoms with Crippen LogP contribution in [0.25, 0.3) is 0 Å². The Balaban J connectivity index is 2.14. The van der Waals surface area contributed by atoms with E-state index in [2.05, 4.69) is 5.32 Å². The first-order valence-corrected chi connectivity index (χ1v) is 6.88. The third-order valence-corrected chi connectivity index (χ3v) is 3.92. The number of amides is 1. The van der Waals surface area contributed by atoms with Crippen LogP contribution in [0.1, 0.15) is 36.0 Å². The Kier molecular flexibility index (Phi) is 4.66. The van der Waals surface area contributed by atoms with Gasteiger partial charge in [0, 0.05) is 12.8 Å². The third-order valence-electron chi connectivity index (χ3n) is 3.59. The molecule has 1 amide bonds. The van der Waals surface area contributed by atoms with Crippen molar-refractivity contribution in [2.24, 2.45) is 5.73 Å². The van der Waals surface area contributed by atoms with Crippen LogP contribution < -0.4 is 11.1 Å². The van der Waals surface area contributed by atoms with Crippen LogP contribution in [-0.4, -0.2) is 25.2 Å². The summed E-state index contributed by atoms with van der Waals surface area (Å²) >= 11 is 5.94. The average molecular weight is 283 g/mol. The van der Waals surface area contributed by atoms with Crippen molar-refractivity contribution in [1.29, 1.82) is 0 Å². The van der Waals surface area contributed by atoms with Gasteiger partial charge in [-0.25, -0.2) is 0 Å². The maximum Gasteiger partial charge on any atom is 0.250 e. The summed E-state index contributed by atoms with van der Waals surface area (Å²) in [5.41, 5.74) is 6.49. The van der Waals surface area contributed by atoms with Gasteiger partial charge in [0.05, 0.1) is 22.7 Å². The van der Waals surface area contributed by atoms with Crippen LogP contribution in [0.15, 0.2) is 18.2 Å². The molecule has 2 atom stereocenters. The molecule has 1 aromatic carbocycles. The molecule has 1 fully saturated rings. The maximum absolute atomic E-state index is 11.3. The van der Waals surface area contributed by atoms with Gasteiger partial charge in [-0.2, -0.15) is 0 Å². The first-order valence-electron chi connectivity index (χ1n) is 6.50. The van der Waals surface area contributed by atoms with Crippen molar-refractivity contribution < 1.29 is 9.53 Å². The average Bonchev–Trinajstić information content (AvgIpc) is 2.41. The third kappa shape index (κ3) is 3.39. The van der Waals surface area contributed by atoms with Gasteiger partial charge in [0.15, 0.2) is 0 Å². The summed E-state index contributed by atoms with van der Waals surface area (Å²) in [7, 11) is 1.74. The molecule has 1 saturated carbocycles. The summed E-state index contributed by atoms with van der Waals surface area (Å²) in [6.45, 7) is 0. The van der Waals surface area contributed by atoms with E-state index in [1.807, 2.05) is 6.07 Å². The molecule has 1 aromatic rings. The van der Waals surface area contributed by atoms with Gasteiger partial charge in [-0.15, -0.1) is 0 Å². The smallest absolute Gasteiger partial charge is 0.250 e. The van der Waals surface area contributed by atoms with E-state index in [1.54, 1.807) is 19.2 Å². The predicted molar refractivity (Wildman–Crippen MR) is 76.6 cm³/mol. The molecule has 0 aliphatic heterocycles. The van der Waals surface area contributed by atoms with E-state index >= 15 is 0 Å². The van der Waals surface area contributed by atoms with E-state index in [1.165, 1.54) is 12.8 Å². The summed E-state index contributed by atoms with van der Waals surface area (Å²) in [5, 5.41) is 3.79. The molecule has 0 spiro atoms. The first-order chi connectivity index (χ1) is 9.11. The normalized spacial score (nSPS) is 23.1. The molecule has 2 unspecified atom stereocenters. The van der Waals surface area contributed by atoms with Gasteiger partial charge in [0.2, 0.25) is 5.91 Å². The number of rotatable bonds is 4. The fraction of sp³-hybridized carbons (Fsp3) is 0.500. The first kappa shape index (κ1) is 14.2. The minimum absolute atomic E-state index is 0.210. The Morgan fingerprint density at radius 3 is 2.84 bits per heavy atom. The van der Waals surface area contributed by atoms with Crippen LogP contribution in [0.2, 0.25) is 5.02 Å². The van der Waals surface area contributed by atoms with Crippen molar-refractivity contribution >= 4 is 23.2 Å². The monoisotopic (exact) mass is 282 g/mol. The minimum atomic E-state index is -0.513. The van der Waals surface area contributed by atoms with Crippen LogP contribution in [-0.2, 0) is 4.74 Å². The Morgan fingerprint density at radius 2 is 2.16 bits per heavy atom. The fourth-order valence-corrected chi connectivity index (χ4v) is 2.77. The lowest BCUT2D eigenvalue weighted by molar-refractivity contribution is 0.0606. The largest absolute Gasteiger partial charge is 0.380 e. The molecule has 3 N–H and O–H groups in total. The van der Waals surface area contributed by atoms with E-state index in [-0.39, 0.29) is 12.1 Å². The number of nitrogens with two attached hydrogens (primary N) is 1. The molecular formula is C14H19ClN2O2. The van der Waals surface area contributed by atoms with Gasteiger partial charge >= 0.3 is 0 Å². The van der Waals surface area contributed by atoms with Gasteiger partial charge in [-0.1, -0.05) is 24.4 Å². The second-order valence-electron chi connectivity index (χ2n) is 4.87. The van der Waals surface area contributed by atoms with E-state index in [9.17, 15) is 4.79 Å². The molecule has 0 saturated heterocycles. The van der Waals surface area contributed by atoms with Gasteiger partial charge < -0.3 is 15.8 Å². The van der Waals surface area contributed by atoms with Gasteiger partial charge in [0.25, 0.3) is 0 Å². The summed E-state index contributed by atoms with van der Waals surface area (Å²) in [4.78, 5) is 11.3. The van der Waals surface area contributed by atoms with Crippen molar-refractivity contribution in [3.05, 3.63) is 28.8 Å². The molecule has 1 aliphatic rings. The lowest BCUT2D eigenvalue weighted by Crippen LogP contribution is -2.37. The van der Waals surface area contributed by atoms with Crippen molar-refractivity contribution in [3.63, 3.8) is 0 Å². The zero-order chi connectivity index (χ0) is 13.8. The number of hydrogen-bond donors (Lipinski definition) is 2. The van der Waals surface area contributed by atoms with Crippen LogP contribution in [0, 0.1) is 0 Å². The van der Waals surface area contributed by atoms with E-state index in [0.29, 0.717) is 10.6 Å². The number of benzene rings is 1. The molecule has 4 nitrogen and oxygen atoms in total. The number of primary amides is 1. The topological polar surface area (TPSA) is 64.3 Å². The zero-order valence-electron chi connectivity index (χ0n) is 11.0. The highest BCUT2D eigenvalue weighted by Crippen LogP contribution is 2.26. The molecule has 0 aromatic heterocycles. The number of ether oxygens (including phenoxy) is 1. The lowest BCUT2D eigenvalue weighted by Gasteiger charge is -2.31. The Bertz CT molecular complexity index is 465. The van der Waals surface area contributed by atoms with E-state index < -0.39 is 5.91 Å². The molecular weight excluding hydrogens is 264 g/mol. The van der Waals surface area contributed by atoms with Crippen molar-refractivity contribution in [1.82, 2.24) is 0 Å². The standard InChI is InChI=1S/C14H19ClN2O2/c1-19-13-5-3-2-4-12(13)17-9-6-7-11(15)10(8-9)14(16)18/h6-8,12-13,17H,2-5H2,1H3,(H2,16,18). The summed E-state index contributed by atoms with van der Waals surface area (Å²) < 4.78 is 5.50. The minimum Gasteiger partial charge on any atom is -0.380 e. The predicted octanol–water partition coefficient (Wildman–Crippen LogP) is 2.81. The second-order valence-corrected chi connectivity index (χ2v) is 5.28. The molecule has 0 heterocycles. The summed E-state index contributed by atoms with van der Waals surface area (Å²) in [6.07, 6.45) is 4.72. The van der Waals surface area contributed by atoms with Gasteiger partial charge in [-0.3, -0.25) is 4.79 Å². The van der Waals surface area contributed by atoms with Gasteiger partial charge in [-0.05, 0) is 31.0 Å². The van der Waals surface area contributed by atoms with Crippen LogP contribution in [0.4, 0.5) is 5.69 Å². The quantitative estimate of drug-likeness (QED) is 0.892. The molecule has 1 aliphatic carbocycles. The van der Waals surface area contributed by atoms with E-state index in [4.69, 9.17) is 22.1 Å². The summed E-state index contributed by atoms with van der Waals surface area (Å²) in [5.74, 6) is -0.513. The summed E-state index contributed by atoms with van der Waals surface area (Å²) in [6, 6.07) is 5.51. The Hall–Kier alpha value is -1.26. The second kappa shape index (κ2) is 6.26. The zero-order valence-corrected chi connectivity index (χ0v) is 11.7. The molecule has 0 bridgehead atoms. The molecule has 19 heavy (non-hydrogen) atoms. The Labute approximate surface area is 118 Å². The number of methoxy groups -OCH3 is 1. The molecule has 5 heteroatoms. The number of anilines is 1. The van der Waals surface area contributed by atoms with Crippen molar-refractivity contribution in [2.45, 2.75) is 37.8 Å². The highest BCUT2D eigenvalue weighted by molar-refractivity contribution is 6.33. The number of carbonyl (C=O) groups excluding carboxylic acids is 1. The SMILES string of the molecule is COC1CCCCC1Nc1ccc(Cl)c(C(N)=O)c1. The van der Waals surface area contributed by atoms with Crippen LogP contribution >= 0.6 is 11.6 Å². The van der Waals surface area contributed by atoms with Crippen molar-refractivity contribution in [2.75, 3.05) is 12.4 Å². The van der Waals surface area contributed by atoms with Crippen LogP contribution in [0.5, 0.6) is 0 Å². The highest BCUT2D eigenvalue weighted by atomic mass is 35.5. The number of hydrogen-bond acceptors (Lipinski definition) is 3. The van der Waals surface area contributed by atoms with Gasteiger partial charge in [0.1, 0.15) is 0 Å². The Morgan fingerprint density at radius 1 is 1.42 bits per heavy atom. The molecule has 2 rings (SSSR count). The number of halogens is 1. The molecule has 0 radical (unpaired) electrons. The fourth-order valence-electron chi connectivity index (χ4n) is 2.56. The number of carbonyl (C=O) groups is 1. The highest BCUT2D eigenvalue weighted by Gasteiger charge is 2.24. The van der Waals surface area contributed by atoms with Crippen LogP contribution in [0.3, 0.4) is 0 Å². The van der Waals surface area contributed by atoms with Crippen molar-refractivity contribution in [3.8, 4) is 0 Å². The number of nitrogens with one attached hydrogen (secondary N) is 1. The van der Waals surface area contributed by atoms with E-state index in [0.717, 1.165) is 18.5 Å². The maximum atomic E-state index is 11.3. The molecule has 104 valence electrons. The lowest BCUT2D eigenvalue weighted by atomic mass is 9.92.